The van der Waals surface area contributed by atoms with E-state index in [0.29, 0.717) is 5.02 Å². The number of hydrogen-bond acceptors (Lipinski definition) is 1. The summed E-state index contributed by atoms with van der Waals surface area (Å²) in [5.41, 5.74) is 12.5. The first kappa shape index (κ1) is 33.4. The van der Waals surface area contributed by atoms with Crippen LogP contribution in [-0.4, -0.2) is 0 Å². The number of rotatable bonds is 6. The van der Waals surface area contributed by atoms with Crippen LogP contribution in [0.25, 0.3) is 54.6 Å². The highest BCUT2D eigenvalue weighted by molar-refractivity contribution is 6.31. The Morgan fingerprint density at radius 1 is 0.368 bits per heavy atom. The molecule has 0 aliphatic heterocycles. The second-order valence-electron chi connectivity index (χ2n) is 15.0. The van der Waals surface area contributed by atoms with E-state index in [2.05, 4.69) is 223 Å². The third-order valence-corrected chi connectivity index (χ3v) is 12.1. The van der Waals surface area contributed by atoms with Gasteiger partial charge in [-0.05, 0) is 114 Å². The van der Waals surface area contributed by atoms with Crippen molar-refractivity contribution in [3.8, 4) is 22.3 Å². The highest BCUT2D eigenvalue weighted by Gasteiger charge is 2.47. The number of hydrogen-bond donors (Lipinski definition) is 0. The number of anilines is 3. The molecule has 2 heteroatoms. The van der Waals surface area contributed by atoms with Crippen LogP contribution in [0.5, 0.6) is 0 Å². The van der Waals surface area contributed by atoms with Gasteiger partial charge in [-0.25, -0.2) is 0 Å². The number of halogens is 1. The summed E-state index contributed by atoms with van der Waals surface area (Å²) < 4.78 is 0. The second-order valence-corrected chi connectivity index (χ2v) is 15.4. The fourth-order valence-electron chi connectivity index (χ4n) is 9.64. The van der Waals surface area contributed by atoms with Gasteiger partial charge in [0.25, 0.3) is 0 Å². The van der Waals surface area contributed by atoms with Crippen LogP contribution in [0.1, 0.15) is 22.3 Å². The van der Waals surface area contributed by atoms with E-state index in [1.807, 2.05) is 0 Å². The third kappa shape index (κ3) is 5.17. The first-order chi connectivity index (χ1) is 28.2. The molecule has 11 rings (SSSR count). The fraction of sp³-hybridized carbons (Fsp3) is 0.0182. The Kier molecular flexibility index (Phi) is 7.84. The number of fused-ring (bicyclic) bond motifs is 8. The summed E-state index contributed by atoms with van der Waals surface area (Å²) in [6.07, 6.45) is 0. The molecule has 10 aromatic carbocycles. The van der Waals surface area contributed by atoms with Gasteiger partial charge in [0.15, 0.2) is 0 Å². The average Bonchev–Trinajstić information content (AvgIpc) is 3.58. The number of para-hydroxylation sites is 1. The fourth-order valence-corrected chi connectivity index (χ4v) is 9.86. The molecule has 0 bridgehead atoms. The van der Waals surface area contributed by atoms with E-state index in [9.17, 15) is 0 Å². The van der Waals surface area contributed by atoms with Crippen molar-refractivity contribution in [2.45, 2.75) is 5.41 Å². The van der Waals surface area contributed by atoms with E-state index in [1.165, 1.54) is 65.7 Å². The molecule has 0 amide bonds. The van der Waals surface area contributed by atoms with Crippen LogP contribution < -0.4 is 4.90 Å². The lowest BCUT2D eigenvalue weighted by atomic mass is 9.66. The van der Waals surface area contributed by atoms with E-state index in [1.54, 1.807) is 0 Å². The van der Waals surface area contributed by atoms with E-state index >= 15 is 0 Å². The quantitative estimate of drug-likeness (QED) is 0.153. The molecule has 268 valence electrons. The van der Waals surface area contributed by atoms with Crippen LogP contribution in [-0.2, 0) is 5.41 Å². The summed E-state index contributed by atoms with van der Waals surface area (Å²) in [4.78, 5) is 2.37. The molecule has 0 N–H and O–H groups in total. The lowest BCUT2D eigenvalue weighted by Gasteiger charge is -2.35. The monoisotopic (exact) mass is 745 g/mol. The molecule has 0 fully saturated rings. The maximum absolute atomic E-state index is 7.26. The molecule has 1 aliphatic rings. The van der Waals surface area contributed by atoms with Gasteiger partial charge in [0.1, 0.15) is 0 Å². The van der Waals surface area contributed by atoms with Crippen molar-refractivity contribution in [1.29, 1.82) is 0 Å². The second kappa shape index (κ2) is 13.4. The molecule has 0 saturated heterocycles. The van der Waals surface area contributed by atoms with Crippen molar-refractivity contribution in [2.75, 3.05) is 4.90 Å². The summed E-state index contributed by atoms with van der Waals surface area (Å²) in [5.74, 6) is 0. The molecule has 1 nitrogen and oxygen atoms in total. The van der Waals surface area contributed by atoms with E-state index in [0.717, 1.165) is 28.2 Å². The maximum atomic E-state index is 7.26. The van der Waals surface area contributed by atoms with Crippen LogP contribution in [0.2, 0.25) is 5.02 Å². The van der Waals surface area contributed by atoms with Gasteiger partial charge in [-0.2, -0.15) is 0 Å². The first-order valence-electron chi connectivity index (χ1n) is 19.5. The van der Waals surface area contributed by atoms with Crippen molar-refractivity contribution in [3.05, 3.63) is 246 Å². The molecule has 1 aliphatic carbocycles. The van der Waals surface area contributed by atoms with Crippen molar-refractivity contribution >= 4 is 61.0 Å². The minimum Gasteiger partial charge on any atom is -0.310 e. The van der Waals surface area contributed by atoms with Gasteiger partial charge in [-0.15, -0.1) is 0 Å². The van der Waals surface area contributed by atoms with Crippen LogP contribution in [0.3, 0.4) is 0 Å². The summed E-state index contributed by atoms with van der Waals surface area (Å²) in [5, 5.41) is 7.94. The predicted molar refractivity (Wildman–Crippen MR) is 241 cm³/mol. The smallest absolute Gasteiger partial charge is 0.0719 e. The summed E-state index contributed by atoms with van der Waals surface area (Å²) >= 11 is 7.26. The van der Waals surface area contributed by atoms with Crippen LogP contribution in [0, 0.1) is 0 Å². The summed E-state index contributed by atoms with van der Waals surface area (Å²) in [6, 6.07) is 79.3. The molecule has 0 radical (unpaired) electrons. The normalized spacial score (nSPS) is 12.8. The Labute approximate surface area is 337 Å². The van der Waals surface area contributed by atoms with Crippen LogP contribution >= 0.6 is 11.6 Å². The highest BCUT2D eigenvalue weighted by Crippen LogP contribution is 2.59. The zero-order valence-corrected chi connectivity index (χ0v) is 31.9. The topological polar surface area (TPSA) is 3.24 Å². The lowest BCUT2D eigenvalue weighted by molar-refractivity contribution is 0.775. The van der Waals surface area contributed by atoms with Gasteiger partial charge in [0.2, 0.25) is 0 Å². The zero-order valence-electron chi connectivity index (χ0n) is 31.1. The number of benzene rings is 10. The molecule has 0 spiro atoms. The Hall–Kier alpha value is -6.93. The summed E-state index contributed by atoms with van der Waals surface area (Å²) in [6.45, 7) is 0. The standard InChI is InChI=1S/C55H36ClN/c56-41-32-38(33-43(35-41)57(42-23-8-3-9-24-42)53-34-37-18-10-11-25-44(37)45-26-12-14-29-48(45)53)50-36-51-47-28-16-17-31-52(47)55(39-19-4-1-5-20-39,40-21-6-2-7-22-40)54(51)49-30-15-13-27-46(49)50/h1-36H. The molecule has 0 unspecified atom stereocenters. The molecule has 10 aromatic rings. The minimum atomic E-state index is -0.507. The van der Waals surface area contributed by atoms with Gasteiger partial charge in [-0.3, -0.25) is 0 Å². The van der Waals surface area contributed by atoms with Gasteiger partial charge < -0.3 is 4.90 Å². The predicted octanol–water partition coefficient (Wildman–Crippen LogP) is 15.3. The maximum Gasteiger partial charge on any atom is 0.0719 e. The van der Waals surface area contributed by atoms with Crippen LogP contribution in [0.15, 0.2) is 218 Å². The van der Waals surface area contributed by atoms with E-state index < -0.39 is 5.41 Å². The van der Waals surface area contributed by atoms with Crippen molar-refractivity contribution < 1.29 is 0 Å². The van der Waals surface area contributed by atoms with E-state index in [4.69, 9.17) is 11.6 Å². The average molecular weight is 746 g/mol. The van der Waals surface area contributed by atoms with Gasteiger partial charge in [0, 0.05) is 21.8 Å². The highest BCUT2D eigenvalue weighted by atomic mass is 35.5. The Bertz CT molecular complexity index is 3100. The lowest BCUT2D eigenvalue weighted by Crippen LogP contribution is -2.28. The summed E-state index contributed by atoms with van der Waals surface area (Å²) in [7, 11) is 0. The Morgan fingerprint density at radius 2 is 0.930 bits per heavy atom. The van der Waals surface area contributed by atoms with Gasteiger partial charge >= 0.3 is 0 Å². The molecule has 57 heavy (non-hydrogen) atoms. The van der Waals surface area contributed by atoms with Gasteiger partial charge in [-0.1, -0.05) is 188 Å². The SMILES string of the molecule is Clc1cc(-c2cc3c(c4ccccc24)C(c2ccccc2)(c2ccccc2)c2ccccc2-3)cc(N(c2ccccc2)c2cc3ccccc3c3ccccc23)c1. The molecule has 0 aromatic heterocycles. The molecule has 0 atom stereocenters. The number of nitrogens with zero attached hydrogens (tertiary/aromatic N) is 1. The van der Waals surface area contributed by atoms with Crippen molar-refractivity contribution in [1.82, 2.24) is 0 Å². The molecule has 0 heterocycles. The van der Waals surface area contributed by atoms with Crippen molar-refractivity contribution in [2.24, 2.45) is 0 Å². The molecular formula is C55H36ClN. The van der Waals surface area contributed by atoms with E-state index in [-0.39, 0.29) is 0 Å². The first-order valence-corrected chi connectivity index (χ1v) is 19.9. The zero-order chi connectivity index (χ0) is 37.9. The molecular weight excluding hydrogens is 710 g/mol. The Balaban J connectivity index is 1.20. The van der Waals surface area contributed by atoms with Crippen molar-refractivity contribution in [3.63, 3.8) is 0 Å². The minimum absolute atomic E-state index is 0.507. The molecule has 0 saturated carbocycles. The van der Waals surface area contributed by atoms with Crippen LogP contribution in [0.4, 0.5) is 17.1 Å². The van der Waals surface area contributed by atoms with Gasteiger partial charge in [0.05, 0.1) is 11.1 Å². The largest absolute Gasteiger partial charge is 0.310 e. The Morgan fingerprint density at radius 3 is 1.65 bits per heavy atom. The third-order valence-electron chi connectivity index (χ3n) is 11.9.